The monoisotopic (exact) mass is 376 g/mol. The summed E-state index contributed by atoms with van der Waals surface area (Å²) in [6, 6.07) is 4.27. The lowest BCUT2D eigenvalue weighted by Gasteiger charge is -2.19. The number of aromatic nitrogens is 2. The fourth-order valence-corrected chi connectivity index (χ4v) is 2.98. The zero-order valence-corrected chi connectivity index (χ0v) is 15.0. The molecule has 1 heterocycles. The highest BCUT2D eigenvalue weighted by atomic mass is 35.5. The highest BCUT2D eigenvalue weighted by Gasteiger charge is 2.20. The average molecular weight is 378 g/mol. The third kappa shape index (κ3) is 4.46. The van der Waals surface area contributed by atoms with Gasteiger partial charge in [0.2, 0.25) is 0 Å². The third-order valence-corrected chi connectivity index (χ3v) is 4.26. The molecule has 1 atom stereocenters. The van der Waals surface area contributed by atoms with Crippen LogP contribution in [-0.4, -0.2) is 10.2 Å². The summed E-state index contributed by atoms with van der Waals surface area (Å²) in [6.07, 6.45) is 2.11. The molecule has 1 aromatic carbocycles. The Balaban J connectivity index is 2.32. The lowest BCUT2D eigenvalue weighted by Crippen LogP contribution is -2.09. The van der Waals surface area contributed by atoms with Crippen LogP contribution in [0.25, 0.3) is 0 Å². The highest BCUT2D eigenvalue weighted by Crippen LogP contribution is 2.35. The second kappa shape index (κ2) is 8.13. The SMILES string of the molecule is CCCCc1nnc(Cl)cc1OC(C)c1c(Cl)ccc(F)c1Cl. The molecule has 0 fully saturated rings. The maximum Gasteiger partial charge on any atom is 0.155 e. The number of nitrogens with zero attached hydrogens (tertiary/aromatic N) is 2. The van der Waals surface area contributed by atoms with Crippen molar-refractivity contribution in [2.24, 2.45) is 0 Å². The van der Waals surface area contributed by atoms with Crippen LogP contribution in [0.4, 0.5) is 4.39 Å². The molecule has 0 spiro atoms. The van der Waals surface area contributed by atoms with Gasteiger partial charge >= 0.3 is 0 Å². The number of hydrogen-bond donors (Lipinski definition) is 0. The molecule has 2 aromatic rings. The number of aryl methyl sites for hydroxylation is 1. The van der Waals surface area contributed by atoms with Gasteiger partial charge in [0.15, 0.2) is 5.15 Å². The van der Waals surface area contributed by atoms with Crippen molar-refractivity contribution in [2.45, 2.75) is 39.2 Å². The van der Waals surface area contributed by atoms with E-state index in [2.05, 4.69) is 17.1 Å². The first-order valence-electron chi connectivity index (χ1n) is 7.26. The fourth-order valence-electron chi connectivity index (χ4n) is 2.16. The van der Waals surface area contributed by atoms with Crippen LogP contribution in [-0.2, 0) is 6.42 Å². The van der Waals surface area contributed by atoms with Crippen molar-refractivity contribution in [2.75, 3.05) is 0 Å². The second-order valence-corrected chi connectivity index (χ2v) is 6.27. The zero-order valence-electron chi connectivity index (χ0n) is 12.7. The Morgan fingerprint density at radius 3 is 2.65 bits per heavy atom. The molecular formula is C16H16Cl3FN2O. The van der Waals surface area contributed by atoms with Gasteiger partial charge in [-0.05, 0) is 31.9 Å². The number of benzene rings is 1. The number of unbranched alkanes of at least 4 members (excludes halogenated alkanes) is 1. The summed E-state index contributed by atoms with van der Waals surface area (Å²) in [5, 5.41) is 8.44. The molecule has 0 aliphatic carbocycles. The molecule has 1 unspecified atom stereocenters. The molecule has 0 bridgehead atoms. The van der Waals surface area contributed by atoms with Gasteiger partial charge in [-0.25, -0.2) is 4.39 Å². The van der Waals surface area contributed by atoms with Crippen molar-refractivity contribution in [3.05, 3.63) is 50.5 Å². The van der Waals surface area contributed by atoms with Crippen LogP contribution < -0.4 is 4.74 Å². The lowest BCUT2D eigenvalue weighted by atomic mass is 10.1. The Hall–Kier alpha value is -1.10. The third-order valence-electron chi connectivity index (χ3n) is 3.36. The van der Waals surface area contributed by atoms with Gasteiger partial charge in [0.05, 0.1) is 5.02 Å². The second-order valence-electron chi connectivity index (χ2n) is 5.10. The predicted molar refractivity (Wildman–Crippen MR) is 91.1 cm³/mol. The van der Waals surface area contributed by atoms with Gasteiger partial charge in [0.25, 0.3) is 0 Å². The lowest BCUT2D eigenvalue weighted by molar-refractivity contribution is 0.222. The Morgan fingerprint density at radius 2 is 1.96 bits per heavy atom. The summed E-state index contributed by atoms with van der Waals surface area (Å²) >= 11 is 18.1. The topological polar surface area (TPSA) is 35.0 Å². The van der Waals surface area contributed by atoms with Gasteiger partial charge < -0.3 is 4.74 Å². The first kappa shape index (κ1) is 18.2. The molecule has 0 amide bonds. The number of rotatable bonds is 6. The standard InChI is InChI=1S/C16H16Cl3FN2O/c1-3-4-5-12-13(8-14(18)22-21-12)23-9(2)15-10(17)6-7-11(20)16(15)19/h6-9H,3-5H2,1-2H3. The maximum absolute atomic E-state index is 13.7. The van der Waals surface area contributed by atoms with E-state index in [1.54, 1.807) is 13.0 Å². The number of ether oxygens (including phenoxy) is 1. The molecule has 124 valence electrons. The van der Waals surface area contributed by atoms with Crippen molar-refractivity contribution in [3.63, 3.8) is 0 Å². The summed E-state index contributed by atoms with van der Waals surface area (Å²) in [4.78, 5) is 0. The molecule has 1 aromatic heterocycles. The molecule has 23 heavy (non-hydrogen) atoms. The van der Waals surface area contributed by atoms with Crippen molar-refractivity contribution in [3.8, 4) is 5.75 Å². The minimum Gasteiger partial charge on any atom is -0.484 e. The minimum atomic E-state index is -0.564. The maximum atomic E-state index is 13.7. The van der Waals surface area contributed by atoms with Crippen molar-refractivity contribution in [1.82, 2.24) is 10.2 Å². The summed E-state index contributed by atoms with van der Waals surface area (Å²) < 4.78 is 19.6. The Labute approximate surface area is 149 Å². The molecule has 0 aliphatic heterocycles. The van der Waals surface area contributed by atoms with E-state index in [0.29, 0.717) is 28.5 Å². The van der Waals surface area contributed by atoms with E-state index < -0.39 is 11.9 Å². The first-order chi connectivity index (χ1) is 10.9. The molecule has 0 N–H and O–H groups in total. The van der Waals surface area contributed by atoms with Crippen LogP contribution in [0.5, 0.6) is 5.75 Å². The highest BCUT2D eigenvalue weighted by molar-refractivity contribution is 6.36. The molecule has 7 heteroatoms. The first-order valence-corrected chi connectivity index (χ1v) is 8.39. The van der Waals surface area contributed by atoms with Crippen molar-refractivity contribution in [1.29, 1.82) is 0 Å². The van der Waals surface area contributed by atoms with E-state index in [0.717, 1.165) is 12.8 Å². The Morgan fingerprint density at radius 1 is 1.22 bits per heavy atom. The van der Waals surface area contributed by atoms with E-state index in [4.69, 9.17) is 39.5 Å². The molecule has 0 aliphatic rings. The Kier molecular flexibility index (Phi) is 6.45. The molecule has 0 radical (unpaired) electrons. The van der Waals surface area contributed by atoms with Gasteiger partial charge in [0, 0.05) is 16.7 Å². The molecule has 0 saturated heterocycles. The van der Waals surface area contributed by atoms with Gasteiger partial charge in [0.1, 0.15) is 23.4 Å². The zero-order chi connectivity index (χ0) is 17.0. The molecular weight excluding hydrogens is 362 g/mol. The molecule has 2 rings (SSSR count). The van der Waals surface area contributed by atoms with E-state index in [1.807, 2.05) is 0 Å². The molecule has 0 saturated carbocycles. The molecule has 3 nitrogen and oxygen atoms in total. The van der Waals surface area contributed by atoms with Crippen LogP contribution in [0.1, 0.15) is 44.1 Å². The van der Waals surface area contributed by atoms with Crippen LogP contribution in [0.2, 0.25) is 15.2 Å². The smallest absolute Gasteiger partial charge is 0.155 e. The quantitative estimate of drug-likeness (QED) is 0.574. The van der Waals surface area contributed by atoms with Crippen LogP contribution in [0, 0.1) is 5.82 Å². The van der Waals surface area contributed by atoms with E-state index in [9.17, 15) is 4.39 Å². The van der Waals surface area contributed by atoms with Gasteiger partial charge in [-0.2, -0.15) is 5.10 Å². The predicted octanol–water partition coefficient (Wildman–Crippen LogP) is 6.06. The van der Waals surface area contributed by atoms with Crippen LogP contribution in [0.15, 0.2) is 18.2 Å². The normalized spacial score (nSPS) is 12.3. The van der Waals surface area contributed by atoms with Crippen LogP contribution >= 0.6 is 34.8 Å². The Bertz CT molecular complexity index is 697. The summed E-state index contributed by atoms with van der Waals surface area (Å²) in [5.41, 5.74) is 1.09. The van der Waals surface area contributed by atoms with E-state index in [1.165, 1.54) is 12.1 Å². The minimum absolute atomic E-state index is 0.0479. The van der Waals surface area contributed by atoms with E-state index in [-0.39, 0.29) is 10.2 Å². The van der Waals surface area contributed by atoms with Gasteiger partial charge in [-0.15, -0.1) is 5.10 Å². The van der Waals surface area contributed by atoms with Gasteiger partial charge in [-0.3, -0.25) is 0 Å². The van der Waals surface area contributed by atoms with Crippen molar-refractivity contribution >= 4 is 34.8 Å². The average Bonchev–Trinajstić information content (AvgIpc) is 2.50. The summed E-state index contributed by atoms with van der Waals surface area (Å²) in [6.45, 7) is 3.82. The van der Waals surface area contributed by atoms with E-state index >= 15 is 0 Å². The number of hydrogen-bond acceptors (Lipinski definition) is 3. The van der Waals surface area contributed by atoms with Crippen LogP contribution in [0.3, 0.4) is 0 Å². The summed E-state index contributed by atoms with van der Waals surface area (Å²) in [5.74, 6) is -0.0408. The fraction of sp³-hybridized carbons (Fsp3) is 0.375. The van der Waals surface area contributed by atoms with Crippen molar-refractivity contribution < 1.29 is 9.13 Å². The summed E-state index contributed by atoms with van der Waals surface area (Å²) in [7, 11) is 0. The van der Waals surface area contributed by atoms with Gasteiger partial charge in [-0.1, -0.05) is 48.1 Å². The largest absolute Gasteiger partial charge is 0.484 e. The number of halogens is 4.